The van der Waals surface area contributed by atoms with Crippen LogP contribution in [0.3, 0.4) is 0 Å². The van der Waals surface area contributed by atoms with Crippen molar-refractivity contribution in [3.63, 3.8) is 0 Å². The highest BCUT2D eigenvalue weighted by Crippen LogP contribution is 2.35. The molecule has 182 valence electrons. The van der Waals surface area contributed by atoms with Crippen LogP contribution >= 0.6 is 0 Å². The van der Waals surface area contributed by atoms with E-state index in [0.29, 0.717) is 17.2 Å². The molecule has 4 rings (SSSR count). The molecule has 1 amide bonds. The van der Waals surface area contributed by atoms with Gasteiger partial charge in [0.2, 0.25) is 0 Å². The Kier molecular flexibility index (Phi) is 7.39. The van der Waals surface area contributed by atoms with Gasteiger partial charge >= 0.3 is 5.97 Å². The summed E-state index contributed by atoms with van der Waals surface area (Å²) in [5.41, 5.74) is 6.20. The number of hydrogen-bond acceptors (Lipinski definition) is 4. The molecule has 1 fully saturated rings. The molecule has 1 aliphatic carbocycles. The van der Waals surface area contributed by atoms with Crippen LogP contribution in [-0.2, 0) is 0 Å². The van der Waals surface area contributed by atoms with Crippen LogP contribution in [0.5, 0.6) is 0 Å². The molecular formula is C29H33N3O3. The predicted octanol–water partition coefficient (Wildman–Crippen LogP) is 6.61. The number of rotatable bonds is 7. The number of carboxylic acids is 1. The van der Waals surface area contributed by atoms with Gasteiger partial charge in [0.15, 0.2) is 0 Å². The number of aryl methyl sites for hydroxylation is 1. The van der Waals surface area contributed by atoms with Crippen LogP contribution in [-0.4, -0.2) is 31.1 Å². The van der Waals surface area contributed by atoms with Crippen LogP contribution in [0.25, 0.3) is 0 Å². The molecule has 0 saturated heterocycles. The first-order valence-corrected chi connectivity index (χ1v) is 12.2. The number of benzene rings is 3. The Morgan fingerprint density at radius 3 is 2.17 bits per heavy atom. The molecule has 0 radical (unpaired) electrons. The largest absolute Gasteiger partial charge is 0.478 e. The van der Waals surface area contributed by atoms with Crippen molar-refractivity contribution in [2.45, 2.75) is 44.9 Å². The number of carbonyl (C=O) groups is 2. The van der Waals surface area contributed by atoms with E-state index in [1.807, 2.05) is 19.1 Å². The molecule has 3 aromatic carbocycles. The van der Waals surface area contributed by atoms with E-state index in [4.69, 9.17) is 0 Å². The van der Waals surface area contributed by atoms with Gasteiger partial charge in [-0.05, 0) is 85.3 Å². The van der Waals surface area contributed by atoms with Gasteiger partial charge in [0, 0.05) is 36.7 Å². The Morgan fingerprint density at radius 2 is 1.54 bits per heavy atom. The molecule has 0 bridgehead atoms. The summed E-state index contributed by atoms with van der Waals surface area (Å²) >= 11 is 0. The lowest BCUT2D eigenvalue weighted by molar-refractivity contribution is 0.0698. The molecule has 0 atom stereocenters. The molecule has 0 heterocycles. The molecule has 6 heteroatoms. The number of nitrogens with zero attached hydrogens (tertiary/aromatic N) is 1. The minimum Gasteiger partial charge on any atom is -0.478 e. The Bertz CT molecular complexity index is 1210. The first kappa shape index (κ1) is 24.3. The van der Waals surface area contributed by atoms with Crippen LogP contribution in [0.4, 0.5) is 22.7 Å². The second-order valence-corrected chi connectivity index (χ2v) is 9.25. The smallest absolute Gasteiger partial charge is 0.337 e. The minimum absolute atomic E-state index is 0.0461. The monoisotopic (exact) mass is 471 g/mol. The van der Waals surface area contributed by atoms with Gasteiger partial charge in [-0.1, -0.05) is 31.4 Å². The standard InChI is InChI=1S/C29H33N3O3/c1-19-17-24(32(3)23-12-9-21(10-13-23)20-7-5-4-6-8-20)14-16-26(19)31-27-15-11-22(28(33)30-2)18-25(27)29(34)35/h9-18,20,31H,4-8H2,1-3H3,(H,30,33)(H,34,35). The normalized spacial score (nSPS) is 13.8. The topological polar surface area (TPSA) is 81.7 Å². The van der Waals surface area contributed by atoms with Crippen molar-refractivity contribution in [3.05, 3.63) is 82.9 Å². The lowest BCUT2D eigenvalue weighted by atomic mass is 9.84. The summed E-state index contributed by atoms with van der Waals surface area (Å²) in [5, 5.41) is 15.4. The molecule has 3 N–H and O–H groups in total. The number of anilines is 4. The Morgan fingerprint density at radius 1 is 0.886 bits per heavy atom. The van der Waals surface area contributed by atoms with Gasteiger partial charge in [0.05, 0.1) is 11.3 Å². The van der Waals surface area contributed by atoms with Crippen molar-refractivity contribution in [2.75, 3.05) is 24.3 Å². The van der Waals surface area contributed by atoms with Gasteiger partial charge in [0.25, 0.3) is 5.91 Å². The third-order valence-electron chi connectivity index (χ3n) is 6.96. The maximum atomic E-state index is 11.9. The number of carbonyl (C=O) groups excluding carboxylic acids is 1. The van der Waals surface area contributed by atoms with Crippen molar-refractivity contribution < 1.29 is 14.7 Å². The van der Waals surface area contributed by atoms with Crippen molar-refractivity contribution in [1.29, 1.82) is 0 Å². The summed E-state index contributed by atoms with van der Waals surface area (Å²) in [6, 6.07) is 19.6. The van der Waals surface area contributed by atoms with Crippen molar-refractivity contribution in [1.82, 2.24) is 5.32 Å². The first-order chi connectivity index (χ1) is 16.9. The van der Waals surface area contributed by atoms with Crippen molar-refractivity contribution in [2.24, 2.45) is 0 Å². The summed E-state index contributed by atoms with van der Waals surface area (Å²) in [4.78, 5) is 25.9. The maximum absolute atomic E-state index is 11.9. The molecule has 0 aliphatic heterocycles. The molecule has 0 aromatic heterocycles. The van der Waals surface area contributed by atoms with E-state index >= 15 is 0 Å². The van der Waals surface area contributed by atoms with Gasteiger partial charge in [-0.15, -0.1) is 0 Å². The number of aromatic carboxylic acids is 1. The zero-order chi connectivity index (χ0) is 24.9. The van der Waals surface area contributed by atoms with Crippen molar-refractivity contribution in [3.8, 4) is 0 Å². The van der Waals surface area contributed by atoms with Gasteiger partial charge in [-0.25, -0.2) is 4.79 Å². The number of hydrogen-bond donors (Lipinski definition) is 3. The highest BCUT2D eigenvalue weighted by molar-refractivity contribution is 6.01. The van der Waals surface area contributed by atoms with E-state index in [0.717, 1.165) is 22.6 Å². The van der Waals surface area contributed by atoms with E-state index < -0.39 is 5.97 Å². The summed E-state index contributed by atoms with van der Waals surface area (Å²) in [6.45, 7) is 1.99. The van der Waals surface area contributed by atoms with Crippen LogP contribution in [0.2, 0.25) is 0 Å². The predicted molar refractivity (Wildman–Crippen MR) is 142 cm³/mol. The molecule has 35 heavy (non-hydrogen) atoms. The van der Waals surface area contributed by atoms with Crippen molar-refractivity contribution >= 4 is 34.6 Å². The molecule has 3 aromatic rings. The summed E-state index contributed by atoms with van der Waals surface area (Å²) in [6.07, 6.45) is 6.61. The molecule has 1 saturated carbocycles. The van der Waals surface area contributed by atoms with E-state index in [9.17, 15) is 14.7 Å². The molecule has 0 unspecified atom stereocenters. The minimum atomic E-state index is -1.09. The van der Waals surface area contributed by atoms with E-state index in [1.54, 1.807) is 12.1 Å². The molecule has 6 nitrogen and oxygen atoms in total. The highest BCUT2D eigenvalue weighted by atomic mass is 16.4. The van der Waals surface area contributed by atoms with Crippen LogP contribution in [0, 0.1) is 6.92 Å². The Balaban J connectivity index is 1.52. The highest BCUT2D eigenvalue weighted by Gasteiger charge is 2.17. The second kappa shape index (κ2) is 10.6. The fraction of sp³-hybridized carbons (Fsp3) is 0.310. The van der Waals surface area contributed by atoms with Gasteiger partial charge < -0.3 is 20.6 Å². The summed E-state index contributed by atoms with van der Waals surface area (Å²) in [5.74, 6) is -0.727. The summed E-state index contributed by atoms with van der Waals surface area (Å²) < 4.78 is 0. The number of amides is 1. The fourth-order valence-corrected chi connectivity index (χ4v) is 4.81. The van der Waals surface area contributed by atoms with E-state index in [2.05, 4.69) is 52.9 Å². The number of nitrogens with one attached hydrogen (secondary N) is 2. The van der Waals surface area contributed by atoms with Gasteiger partial charge in [0.1, 0.15) is 0 Å². The third-order valence-corrected chi connectivity index (χ3v) is 6.96. The van der Waals surface area contributed by atoms with Gasteiger partial charge in [-0.3, -0.25) is 4.79 Å². The average molecular weight is 472 g/mol. The lowest BCUT2D eigenvalue weighted by Crippen LogP contribution is -2.18. The zero-order valence-corrected chi connectivity index (χ0v) is 20.6. The van der Waals surface area contributed by atoms with Crippen LogP contribution < -0.4 is 15.5 Å². The molecule has 1 aliphatic rings. The molecule has 0 spiro atoms. The average Bonchev–Trinajstić information content (AvgIpc) is 2.89. The van der Waals surface area contributed by atoms with E-state index in [-0.39, 0.29) is 11.5 Å². The van der Waals surface area contributed by atoms with Gasteiger partial charge in [-0.2, -0.15) is 0 Å². The van der Waals surface area contributed by atoms with Crippen LogP contribution in [0.1, 0.15) is 69.9 Å². The number of carboxylic acid groups (broad SMARTS) is 1. The zero-order valence-electron chi connectivity index (χ0n) is 20.6. The first-order valence-electron chi connectivity index (χ1n) is 12.2. The quantitative estimate of drug-likeness (QED) is 0.361. The SMILES string of the molecule is CNC(=O)c1ccc(Nc2ccc(N(C)c3ccc(C4CCCCC4)cc3)cc2C)c(C(=O)O)c1. The molecular weight excluding hydrogens is 438 g/mol. The third kappa shape index (κ3) is 5.48. The summed E-state index contributed by atoms with van der Waals surface area (Å²) in [7, 11) is 3.57. The second-order valence-electron chi connectivity index (χ2n) is 9.25. The maximum Gasteiger partial charge on any atom is 0.337 e. The Hall–Kier alpha value is -3.80. The van der Waals surface area contributed by atoms with Crippen LogP contribution in [0.15, 0.2) is 60.7 Å². The van der Waals surface area contributed by atoms with E-state index in [1.165, 1.54) is 50.8 Å². The fourth-order valence-electron chi connectivity index (χ4n) is 4.81. The lowest BCUT2D eigenvalue weighted by Gasteiger charge is -2.24. The Labute approximate surface area is 207 Å².